The van der Waals surface area contributed by atoms with Gasteiger partial charge in [-0.1, -0.05) is 6.07 Å². The van der Waals surface area contributed by atoms with Gasteiger partial charge in [0.1, 0.15) is 5.65 Å². The molecule has 6 heteroatoms. The van der Waals surface area contributed by atoms with Gasteiger partial charge in [0.05, 0.1) is 17.6 Å². The molecule has 0 saturated heterocycles. The number of nitrogens with zero attached hydrogens (tertiary/aromatic N) is 3. The van der Waals surface area contributed by atoms with E-state index in [0.29, 0.717) is 0 Å². The summed E-state index contributed by atoms with van der Waals surface area (Å²) in [5, 5.41) is 0. The Balaban J connectivity index is 1.80. The highest BCUT2D eigenvalue weighted by Crippen LogP contribution is 2.36. The third-order valence-electron chi connectivity index (χ3n) is 4.50. The molecule has 0 N–H and O–H groups in total. The van der Waals surface area contributed by atoms with Gasteiger partial charge >= 0.3 is 0 Å². The normalized spacial score (nSPS) is 17.5. The van der Waals surface area contributed by atoms with E-state index in [-0.39, 0.29) is 6.04 Å². The second kappa shape index (κ2) is 5.08. The van der Waals surface area contributed by atoms with Crippen molar-refractivity contribution in [3.63, 3.8) is 0 Å². The quantitative estimate of drug-likeness (QED) is 0.720. The average molecular weight is 341 g/mol. The Morgan fingerprint density at radius 2 is 2.00 bits per heavy atom. The number of aryl methyl sites for hydroxylation is 1. The minimum atomic E-state index is -3.25. The second-order valence-electron chi connectivity index (χ2n) is 6.55. The van der Waals surface area contributed by atoms with Crippen molar-refractivity contribution >= 4 is 21.4 Å². The number of benzene rings is 1. The molecular formula is C18H19N3O2S. The van der Waals surface area contributed by atoms with Crippen molar-refractivity contribution in [1.29, 1.82) is 0 Å². The number of aromatic nitrogens is 2. The summed E-state index contributed by atoms with van der Waals surface area (Å²) in [7, 11) is -3.25. The van der Waals surface area contributed by atoms with Gasteiger partial charge < -0.3 is 4.40 Å². The Morgan fingerprint density at radius 1 is 1.21 bits per heavy atom. The lowest BCUT2D eigenvalue weighted by Gasteiger charge is -2.21. The van der Waals surface area contributed by atoms with Gasteiger partial charge in [-0.05, 0) is 55.7 Å². The highest BCUT2D eigenvalue weighted by atomic mass is 32.2. The standard InChI is InChI=1S/C18H19N3O2S/c1-12-6-7-20-11-16(19-18(20)8-12)14-4-5-17-15(10-14)9-13(2)21(17)24(3,22)23/h4-8,10-11,13H,9H2,1-3H3/t13-/m0/s1. The smallest absolute Gasteiger partial charge is 0.232 e. The zero-order valence-corrected chi connectivity index (χ0v) is 14.7. The second-order valence-corrected chi connectivity index (χ2v) is 8.41. The first-order valence-electron chi connectivity index (χ1n) is 7.91. The number of fused-ring (bicyclic) bond motifs is 2. The third kappa shape index (κ3) is 2.38. The minimum absolute atomic E-state index is 0.0473. The van der Waals surface area contributed by atoms with Gasteiger partial charge in [-0.15, -0.1) is 0 Å². The first kappa shape index (κ1) is 15.2. The monoisotopic (exact) mass is 341 g/mol. The van der Waals surface area contributed by atoms with Gasteiger partial charge in [-0.25, -0.2) is 13.4 Å². The molecule has 1 atom stereocenters. The van der Waals surface area contributed by atoms with Crippen molar-refractivity contribution in [1.82, 2.24) is 9.38 Å². The molecule has 0 radical (unpaired) electrons. The molecule has 0 spiro atoms. The van der Waals surface area contributed by atoms with Crippen LogP contribution in [0.3, 0.4) is 0 Å². The number of pyridine rings is 1. The van der Waals surface area contributed by atoms with E-state index >= 15 is 0 Å². The van der Waals surface area contributed by atoms with Gasteiger partial charge in [0, 0.05) is 24.0 Å². The Morgan fingerprint density at radius 3 is 2.75 bits per heavy atom. The largest absolute Gasteiger partial charge is 0.306 e. The van der Waals surface area contributed by atoms with Gasteiger partial charge in [0.15, 0.2) is 0 Å². The van der Waals surface area contributed by atoms with Crippen LogP contribution in [-0.2, 0) is 16.4 Å². The molecule has 0 saturated carbocycles. The maximum Gasteiger partial charge on any atom is 0.232 e. The van der Waals surface area contributed by atoms with Crippen molar-refractivity contribution in [2.24, 2.45) is 0 Å². The molecule has 1 aromatic carbocycles. The van der Waals surface area contributed by atoms with E-state index < -0.39 is 10.0 Å². The highest BCUT2D eigenvalue weighted by Gasteiger charge is 2.32. The molecule has 5 nitrogen and oxygen atoms in total. The van der Waals surface area contributed by atoms with Crippen molar-refractivity contribution < 1.29 is 8.42 Å². The predicted octanol–water partition coefficient (Wildman–Crippen LogP) is 3.02. The van der Waals surface area contributed by atoms with Crippen LogP contribution in [0.15, 0.2) is 42.7 Å². The van der Waals surface area contributed by atoms with Crippen LogP contribution < -0.4 is 4.31 Å². The average Bonchev–Trinajstić information content (AvgIpc) is 3.04. The Kier molecular flexibility index (Phi) is 3.22. The van der Waals surface area contributed by atoms with E-state index in [9.17, 15) is 8.42 Å². The van der Waals surface area contributed by atoms with E-state index in [1.807, 2.05) is 54.9 Å². The maximum absolute atomic E-state index is 12.0. The van der Waals surface area contributed by atoms with Crippen molar-refractivity contribution in [2.45, 2.75) is 26.3 Å². The molecule has 1 aliphatic heterocycles. The number of hydrogen-bond acceptors (Lipinski definition) is 3. The molecule has 3 aromatic rings. The van der Waals surface area contributed by atoms with Crippen LogP contribution in [0.1, 0.15) is 18.1 Å². The number of anilines is 1. The Hall–Kier alpha value is -2.34. The summed E-state index contributed by atoms with van der Waals surface area (Å²) in [4.78, 5) is 4.69. The van der Waals surface area contributed by atoms with Crippen molar-refractivity contribution in [3.05, 3.63) is 53.9 Å². The maximum atomic E-state index is 12.0. The predicted molar refractivity (Wildman–Crippen MR) is 95.9 cm³/mol. The number of hydrogen-bond donors (Lipinski definition) is 0. The molecule has 0 bridgehead atoms. The first-order chi connectivity index (χ1) is 11.3. The van der Waals surface area contributed by atoms with Crippen LogP contribution >= 0.6 is 0 Å². The van der Waals surface area contributed by atoms with E-state index in [2.05, 4.69) is 11.1 Å². The summed E-state index contributed by atoms with van der Waals surface area (Å²) < 4.78 is 27.6. The van der Waals surface area contributed by atoms with Crippen molar-refractivity contribution in [3.8, 4) is 11.3 Å². The molecule has 2 aromatic heterocycles. The molecule has 0 aliphatic carbocycles. The molecule has 0 unspecified atom stereocenters. The minimum Gasteiger partial charge on any atom is -0.306 e. The fraction of sp³-hybridized carbons (Fsp3) is 0.278. The summed E-state index contributed by atoms with van der Waals surface area (Å²) in [5.41, 5.74) is 5.83. The summed E-state index contributed by atoms with van der Waals surface area (Å²) in [5.74, 6) is 0. The summed E-state index contributed by atoms with van der Waals surface area (Å²) in [6, 6.07) is 9.95. The fourth-order valence-corrected chi connectivity index (χ4v) is 4.75. The van der Waals surface area contributed by atoms with Crippen LogP contribution in [0.5, 0.6) is 0 Å². The van der Waals surface area contributed by atoms with Crippen LogP contribution in [0.2, 0.25) is 0 Å². The SMILES string of the molecule is Cc1ccn2cc(-c3ccc4c(c3)C[C@H](C)N4S(C)(=O)=O)nc2c1. The summed E-state index contributed by atoms with van der Waals surface area (Å²) >= 11 is 0. The molecule has 1 aliphatic rings. The summed E-state index contributed by atoms with van der Waals surface area (Å²) in [6.45, 7) is 3.99. The lowest BCUT2D eigenvalue weighted by atomic mass is 10.1. The highest BCUT2D eigenvalue weighted by molar-refractivity contribution is 7.92. The first-order valence-corrected chi connectivity index (χ1v) is 9.76. The number of rotatable bonds is 2. The topological polar surface area (TPSA) is 54.7 Å². The van der Waals surface area contributed by atoms with E-state index in [0.717, 1.165) is 34.6 Å². The molecule has 0 amide bonds. The zero-order chi connectivity index (χ0) is 17.1. The molecule has 124 valence electrons. The number of sulfonamides is 1. The van der Waals surface area contributed by atoms with Gasteiger partial charge in [0.25, 0.3) is 0 Å². The van der Waals surface area contributed by atoms with Gasteiger partial charge in [-0.3, -0.25) is 4.31 Å². The number of imidazole rings is 1. The zero-order valence-electron chi connectivity index (χ0n) is 13.9. The van der Waals surface area contributed by atoms with Crippen molar-refractivity contribution in [2.75, 3.05) is 10.6 Å². The Labute approximate surface area is 141 Å². The molecule has 4 rings (SSSR count). The Bertz CT molecular complexity index is 1050. The lowest BCUT2D eigenvalue weighted by Crippen LogP contribution is -2.34. The third-order valence-corrected chi connectivity index (χ3v) is 5.77. The molecular weight excluding hydrogens is 322 g/mol. The van der Waals surface area contributed by atoms with E-state index in [4.69, 9.17) is 0 Å². The fourth-order valence-electron chi connectivity index (χ4n) is 3.49. The lowest BCUT2D eigenvalue weighted by molar-refractivity contribution is 0.590. The molecule has 24 heavy (non-hydrogen) atoms. The van der Waals surface area contributed by atoms with Crippen LogP contribution in [-0.4, -0.2) is 30.1 Å². The van der Waals surface area contributed by atoms with Crippen LogP contribution in [0.4, 0.5) is 5.69 Å². The van der Waals surface area contributed by atoms with Crippen LogP contribution in [0.25, 0.3) is 16.9 Å². The van der Waals surface area contributed by atoms with Gasteiger partial charge in [-0.2, -0.15) is 0 Å². The van der Waals surface area contributed by atoms with Crippen LogP contribution in [0, 0.1) is 6.92 Å². The molecule has 0 fully saturated rings. The van der Waals surface area contributed by atoms with E-state index in [1.54, 1.807) is 0 Å². The van der Waals surface area contributed by atoms with E-state index in [1.165, 1.54) is 16.1 Å². The summed E-state index contributed by atoms with van der Waals surface area (Å²) in [6.07, 6.45) is 5.99. The molecule has 3 heterocycles. The van der Waals surface area contributed by atoms with Gasteiger partial charge in [0.2, 0.25) is 10.0 Å².